The molecule has 0 bridgehead atoms. The first kappa shape index (κ1) is 111. The molecule has 628 valence electrons. The molecule has 4 amide bonds. The van der Waals surface area contributed by atoms with Crippen molar-refractivity contribution >= 4 is 45.4 Å². The van der Waals surface area contributed by atoms with E-state index in [0.717, 1.165) is 141 Å². The van der Waals surface area contributed by atoms with Gasteiger partial charge in [0.1, 0.15) is 12.2 Å². The molecule has 0 fully saturated rings. The molecule has 0 rings (SSSR count). The molecule has 0 aliphatic rings. The number of hydrogen-bond donors (Lipinski definition) is 4. The second-order valence-corrected chi connectivity index (χ2v) is 32.8. The van der Waals surface area contributed by atoms with Crippen LogP contribution in [0.2, 0.25) is 0 Å². The van der Waals surface area contributed by atoms with E-state index >= 15 is 0 Å². The first-order valence-corrected chi connectivity index (χ1v) is 46.8. The first-order valence-electron chi connectivity index (χ1n) is 43.9. The maximum absolute atomic E-state index is 13.3. The van der Waals surface area contributed by atoms with Gasteiger partial charge in [0.05, 0.1) is 64.9 Å². The van der Waals surface area contributed by atoms with Crippen LogP contribution in [0.1, 0.15) is 414 Å². The molecule has 2 unspecified atom stereocenters. The van der Waals surface area contributed by atoms with Crippen LogP contribution in [0.4, 0.5) is 4.79 Å². The normalized spacial score (nSPS) is 13.6. The standard InChI is InChI=1S/C83H164N4O17P2.2Na/c1-7-13-19-25-29-33-35-39-41-47-53-59-79(88)86-75(71-97-67-63-77(57-51-45-23-17-11-5)103-81(90)61-55-49-43-37-31-27-21-15-9-3)73-101-105(93,94)99-69-65-84-83(92)85-66-70-100-106(95,96)102-74-76(87-80(89)60-54-48-42-40-36-34-30-26-20-14-8-2)72-98-68-64-78(58-52-46-24-18-12-6)104-82(91)62-56-50-44-38-32-28-22-16-10-4;;/h75-78H,7-74H2,1-6H3,(H,86,88)(H,87,89)(H,93,94)(H,95,96)(H2,84,85,92);;/q;2*+1/p-2/t75-,76-,77+,78+;;/m1../s1. The third-order valence-corrected chi connectivity index (χ3v) is 21.4. The summed E-state index contributed by atoms with van der Waals surface area (Å²) in [6, 6.07) is -2.45. The van der Waals surface area contributed by atoms with Gasteiger partial charge in [-0.2, -0.15) is 0 Å². The number of rotatable bonds is 84. The van der Waals surface area contributed by atoms with Crippen LogP contribution in [-0.4, -0.2) is 120 Å². The van der Waals surface area contributed by atoms with E-state index in [9.17, 15) is 42.9 Å². The van der Waals surface area contributed by atoms with Crippen molar-refractivity contribution < 1.29 is 139 Å². The molecule has 25 heteroatoms. The molecule has 21 nitrogen and oxygen atoms in total. The minimum Gasteiger partial charge on any atom is -0.756 e. The third-order valence-electron chi connectivity index (χ3n) is 19.5. The number of nitrogens with one attached hydrogen (secondary N) is 4. The van der Waals surface area contributed by atoms with Crippen LogP contribution in [0.3, 0.4) is 0 Å². The Hall–Kier alpha value is -0.710. The predicted molar refractivity (Wildman–Crippen MR) is 428 cm³/mol. The zero-order valence-electron chi connectivity index (χ0n) is 70.7. The van der Waals surface area contributed by atoms with Gasteiger partial charge in [-0.25, -0.2) is 4.79 Å². The zero-order chi connectivity index (χ0) is 77.8. The van der Waals surface area contributed by atoms with Crippen LogP contribution in [0.5, 0.6) is 0 Å². The maximum atomic E-state index is 13.3. The molecule has 0 aliphatic carbocycles. The van der Waals surface area contributed by atoms with E-state index in [4.69, 9.17) is 37.0 Å². The van der Waals surface area contributed by atoms with Gasteiger partial charge in [-0.05, 0) is 51.4 Å². The Balaban J connectivity index is -0.0000551. The van der Waals surface area contributed by atoms with E-state index in [2.05, 4.69) is 62.8 Å². The van der Waals surface area contributed by atoms with E-state index in [0.29, 0.717) is 51.4 Å². The predicted octanol–water partition coefficient (Wildman–Crippen LogP) is 14.9. The van der Waals surface area contributed by atoms with Gasteiger partial charge in [-0.3, -0.25) is 28.3 Å². The maximum Gasteiger partial charge on any atom is 1.00 e. The molecule has 108 heavy (non-hydrogen) atoms. The minimum atomic E-state index is -4.96. The average Bonchev–Trinajstić information content (AvgIpc) is 0.915. The Kier molecular flexibility index (Phi) is 86.9. The summed E-state index contributed by atoms with van der Waals surface area (Å²) in [5.41, 5.74) is 0. The van der Waals surface area contributed by atoms with Crippen molar-refractivity contribution in [3.63, 3.8) is 0 Å². The molecule has 0 saturated heterocycles. The third kappa shape index (κ3) is 80.5. The quantitative estimate of drug-likeness (QED) is 0.0190. The summed E-state index contributed by atoms with van der Waals surface area (Å²) in [6.07, 6.45) is 59.5. The number of hydrogen-bond acceptors (Lipinski definition) is 17. The van der Waals surface area contributed by atoms with E-state index in [1.165, 1.54) is 167 Å². The second kappa shape index (κ2) is 84.2. The van der Waals surface area contributed by atoms with Crippen molar-refractivity contribution in [3.05, 3.63) is 0 Å². The number of amides is 4. The molecule has 6 atom stereocenters. The first-order chi connectivity index (χ1) is 51.5. The van der Waals surface area contributed by atoms with Crippen LogP contribution in [0.15, 0.2) is 0 Å². The van der Waals surface area contributed by atoms with Crippen LogP contribution in [0.25, 0.3) is 0 Å². The van der Waals surface area contributed by atoms with Gasteiger partial charge >= 0.3 is 77.1 Å². The van der Waals surface area contributed by atoms with Gasteiger partial charge in [0, 0.05) is 51.6 Å². The van der Waals surface area contributed by atoms with Gasteiger partial charge in [0.2, 0.25) is 11.8 Å². The van der Waals surface area contributed by atoms with Crippen LogP contribution in [-0.2, 0) is 65.4 Å². The van der Waals surface area contributed by atoms with E-state index in [-0.39, 0.29) is 147 Å². The minimum absolute atomic E-state index is 0. The molecule has 0 radical (unpaired) electrons. The second-order valence-electron chi connectivity index (χ2n) is 29.9. The van der Waals surface area contributed by atoms with E-state index < -0.39 is 60.2 Å². The molecule has 0 saturated carbocycles. The topological polar surface area (TPSA) is 288 Å². The Labute approximate surface area is 704 Å². The molecular weight excluding hydrogens is 1430 g/mol. The summed E-state index contributed by atoms with van der Waals surface area (Å²) < 4.78 is 70.9. The number of ether oxygens (including phenoxy) is 4. The van der Waals surface area contributed by atoms with E-state index in [1.54, 1.807) is 0 Å². The van der Waals surface area contributed by atoms with Gasteiger partial charge < -0.3 is 68.1 Å². The summed E-state index contributed by atoms with van der Waals surface area (Å²) in [5, 5.41) is 10.7. The number of carbonyl (C=O) groups excluding carboxylic acids is 5. The van der Waals surface area contributed by atoms with Gasteiger partial charge in [-0.1, -0.05) is 324 Å². The molecular formula is C83H162N4Na2O17P2. The SMILES string of the molecule is CCCCCCCCCCCCCC(=O)N[C@H](COCC[C@H](CCCCCCC)OC(=O)CCCCCCCCCCC)COP(=O)([O-])OCCNC(=O)NCCOP(=O)([O-])OC[C@@H](COCC[C@H](CCCCCCC)OC(=O)CCCCCCCCCCC)NC(=O)CCCCCCCCCCCCC.[Na+].[Na+]. The number of carbonyl (C=O) groups is 5. The van der Waals surface area contributed by atoms with Crippen LogP contribution >= 0.6 is 15.6 Å². The molecule has 0 aromatic carbocycles. The van der Waals surface area contributed by atoms with Gasteiger partial charge in [0.15, 0.2) is 0 Å². The van der Waals surface area contributed by atoms with Crippen molar-refractivity contribution in [2.24, 2.45) is 0 Å². The molecule has 0 aliphatic heterocycles. The van der Waals surface area contributed by atoms with Gasteiger partial charge in [-0.15, -0.1) is 0 Å². The average molecular weight is 1600 g/mol. The Morgan fingerprint density at radius 1 is 0.296 bits per heavy atom. The van der Waals surface area contributed by atoms with Crippen molar-refractivity contribution in [1.82, 2.24) is 21.3 Å². The molecule has 0 aromatic rings. The molecule has 0 heterocycles. The Bertz CT molecular complexity index is 1980. The summed E-state index contributed by atoms with van der Waals surface area (Å²) in [5.74, 6) is -0.912. The van der Waals surface area contributed by atoms with Crippen molar-refractivity contribution in [2.45, 2.75) is 438 Å². The van der Waals surface area contributed by atoms with E-state index in [1.807, 2.05) is 0 Å². The summed E-state index contributed by atoms with van der Waals surface area (Å²) in [7, 11) is -9.92. The number of esters is 2. The Morgan fingerprint density at radius 3 is 0.806 bits per heavy atom. The van der Waals surface area contributed by atoms with Crippen molar-refractivity contribution in [1.29, 1.82) is 0 Å². The smallest absolute Gasteiger partial charge is 0.756 e. The fourth-order valence-electron chi connectivity index (χ4n) is 12.9. The van der Waals surface area contributed by atoms with Gasteiger partial charge in [0.25, 0.3) is 15.6 Å². The van der Waals surface area contributed by atoms with Crippen LogP contribution < -0.4 is 90.2 Å². The number of phosphoric acid groups is 2. The largest absolute Gasteiger partial charge is 1.00 e. The fraction of sp³-hybridized carbons (Fsp3) is 0.940. The number of unbranched alkanes of at least 4 members (excludes halogenated alkanes) is 44. The van der Waals surface area contributed by atoms with Crippen molar-refractivity contribution in [3.8, 4) is 0 Å². The fourth-order valence-corrected chi connectivity index (χ4v) is 14.4. The number of urea groups is 1. The summed E-state index contributed by atoms with van der Waals surface area (Å²) in [4.78, 5) is 91.4. The monoisotopic (exact) mass is 1600 g/mol. The molecule has 0 aromatic heterocycles. The summed E-state index contributed by atoms with van der Waals surface area (Å²) >= 11 is 0. The number of phosphoric ester groups is 2. The van der Waals surface area contributed by atoms with Crippen molar-refractivity contribution in [2.75, 3.05) is 65.9 Å². The Morgan fingerprint density at radius 2 is 0.537 bits per heavy atom. The molecule has 4 N–H and O–H groups in total. The molecule has 0 spiro atoms. The summed E-state index contributed by atoms with van der Waals surface area (Å²) in [6.45, 7) is 11.1. The van der Waals surface area contributed by atoms with Crippen LogP contribution in [0, 0.1) is 0 Å². The zero-order valence-corrected chi connectivity index (χ0v) is 76.5.